The molecule has 16 heavy (non-hydrogen) atoms. The van der Waals surface area contributed by atoms with Gasteiger partial charge in [-0.15, -0.1) is 0 Å². The molecule has 0 aliphatic carbocycles. The van der Waals surface area contributed by atoms with Crippen LogP contribution in [0.15, 0.2) is 24.3 Å². The Kier molecular flexibility index (Phi) is 5.93. The first-order valence-electron chi connectivity index (χ1n) is 4.11. The number of rotatable bonds is 2. The average Bonchev–Trinajstić information content (AvgIpc) is 2.14. The molecule has 92 valence electrons. The van der Waals surface area contributed by atoms with Crippen molar-refractivity contribution in [3.8, 4) is 5.75 Å². The number of phenols is 1. The van der Waals surface area contributed by atoms with E-state index >= 15 is 0 Å². The van der Waals surface area contributed by atoms with Gasteiger partial charge in [0.05, 0.1) is 6.10 Å². The molecular weight excluding hydrogens is 238 g/mol. The summed E-state index contributed by atoms with van der Waals surface area (Å²) in [6.07, 6.45) is -0.679. The van der Waals surface area contributed by atoms with E-state index in [4.69, 9.17) is 28.4 Å². The van der Waals surface area contributed by atoms with E-state index in [0.29, 0.717) is 5.56 Å². The molecule has 0 saturated carbocycles. The SMILES string of the molecule is NCC(O)c1cccc(O)c1.O=S(=O)(O)O. The van der Waals surface area contributed by atoms with Crippen LogP contribution in [0.2, 0.25) is 0 Å². The van der Waals surface area contributed by atoms with E-state index in [-0.39, 0.29) is 12.3 Å². The molecule has 8 heteroatoms. The van der Waals surface area contributed by atoms with Crippen LogP contribution >= 0.6 is 0 Å². The van der Waals surface area contributed by atoms with Crippen molar-refractivity contribution in [1.29, 1.82) is 0 Å². The van der Waals surface area contributed by atoms with E-state index in [2.05, 4.69) is 0 Å². The first-order valence-corrected chi connectivity index (χ1v) is 5.50. The molecular formula is C8H13NO6S. The Morgan fingerprint density at radius 2 is 1.81 bits per heavy atom. The van der Waals surface area contributed by atoms with Gasteiger partial charge in [-0.3, -0.25) is 9.11 Å². The highest BCUT2D eigenvalue weighted by atomic mass is 32.3. The van der Waals surface area contributed by atoms with E-state index in [9.17, 15) is 5.11 Å². The highest BCUT2D eigenvalue weighted by Gasteiger charge is 2.03. The number of nitrogens with two attached hydrogens (primary N) is 1. The van der Waals surface area contributed by atoms with Gasteiger partial charge in [0, 0.05) is 6.54 Å². The monoisotopic (exact) mass is 251 g/mol. The third kappa shape index (κ3) is 8.15. The van der Waals surface area contributed by atoms with E-state index in [1.54, 1.807) is 18.2 Å². The summed E-state index contributed by atoms with van der Waals surface area (Å²) in [7, 11) is -4.67. The van der Waals surface area contributed by atoms with Crippen molar-refractivity contribution in [2.45, 2.75) is 6.10 Å². The lowest BCUT2D eigenvalue weighted by Gasteiger charge is -2.06. The van der Waals surface area contributed by atoms with E-state index < -0.39 is 16.5 Å². The molecule has 1 aromatic carbocycles. The number of aromatic hydroxyl groups is 1. The lowest BCUT2D eigenvalue weighted by molar-refractivity contribution is 0.186. The predicted octanol–water partition coefficient (Wildman–Crippen LogP) is -0.268. The molecule has 1 aromatic rings. The highest BCUT2D eigenvalue weighted by molar-refractivity contribution is 7.79. The van der Waals surface area contributed by atoms with Gasteiger partial charge in [-0.05, 0) is 17.7 Å². The highest BCUT2D eigenvalue weighted by Crippen LogP contribution is 2.16. The quantitative estimate of drug-likeness (QED) is 0.455. The Morgan fingerprint density at radius 1 is 1.31 bits per heavy atom. The van der Waals surface area contributed by atoms with Crippen LogP contribution in [0.1, 0.15) is 11.7 Å². The molecule has 0 bridgehead atoms. The summed E-state index contributed by atoms with van der Waals surface area (Å²) in [5, 5.41) is 18.2. The lowest BCUT2D eigenvalue weighted by Crippen LogP contribution is -2.11. The molecule has 6 N–H and O–H groups in total. The molecule has 0 radical (unpaired) electrons. The van der Waals surface area contributed by atoms with Gasteiger partial charge in [0.1, 0.15) is 5.75 Å². The Morgan fingerprint density at radius 3 is 2.19 bits per heavy atom. The molecule has 0 aliphatic rings. The maximum absolute atomic E-state index is 9.22. The molecule has 0 saturated heterocycles. The normalized spacial score (nSPS) is 12.5. The van der Waals surface area contributed by atoms with Crippen molar-refractivity contribution in [2.75, 3.05) is 6.54 Å². The van der Waals surface area contributed by atoms with Crippen LogP contribution in [-0.4, -0.2) is 34.3 Å². The van der Waals surface area contributed by atoms with Gasteiger partial charge in [0.15, 0.2) is 0 Å². The number of hydrogen-bond donors (Lipinski definition) is 5. The maximum atomic E-state index is 9.22. The Balaban J connectivity index is 0.000000385. The number of aliphatic hydroxyl groups is 1. The van der Waals surface area contributed by atoms with Crippen molar-refractivity contribution >= 4 is 10.4 Å². The summed E-state index contributed by atoms with van der Waals surface area (Å²) in [4.78, 5) is 0. The molecule has 0 aliphatic heterocycles. The second-order valence-corrected chi connectivity index (χ2v) is 3.69. The molecule has 0 fully saturated rings. The fraction of sp³-hybridized carbons (Fsp3) is 0.250. The lowest BCUT2D eigenvalue weighted by atomic mass is 10.1. The molecule has 0 amide bonds. The standard InChI is InChI=1S/C8H11NO2.H2O4S/c9-5-8(11)6-2-1-3-7(10)4-6;1-5(2,3)4/h1-4,8,10-11H,5,9H2;(H2,1,2,3,4). The molecule has 1 atom stereocenters. The molecule has 0 heterocycles. The Labute approximate surface area is 92.7 Å². The summed E-state index contributed by atoms with van der Waals surface area (Å²) in [6.45, 7) is 0.170. The minimum atomic E-state index is -4.67. The van der Waals surface area contributed by atoms with Gasteiger partial charge < -0.3 is 15.9 Å². The minimum absolute atomic E-state index is 0.148. The first-order chi connectivity index (χ1) is 7.24. The van der Waals surface area contributed by atoms with Crippen LogP contribution in [0, 0.1) is 0 Å². The van der Waals surface area contributed by atoms with Crippen LogP contribution < -0.4 is 5.73 Å². The van der Waals surface area contributed by atoms with Crippen molar-refractivity contribution in [2.24, 2.45) is 5.73 Å². The summed E-state index contributed by atoms with van der Waals surface area (Å²) >= 11 is 0. The van der Waals surface area contributed by atoms with Gasteiger partial charge in [-0.2, -0.15) is 8.42 Å². The predicted molar refractivity (Wildman–Crippen MR) is 56.3 cm³/mol. The first kappa shape index (κ1) is 14.8. The van der Waals surface area contributed by atoms with E-state index in [1.165, 1.54) is 6.07 Å². The molecule has 1 unspecified atom stereocenters. The maximum Gasteiger partial charge on any atom is 0.394 e. The summed E-state index contributed by atoms with van der Waals surface area (Å²) in [6, 6.07) is 6.44. The van der Waals surface area contributed by atoms with E-state index in [1.807, 2.05) is 0 Å². The molecule has 7 nitrogen and oxygen atoms in total. The van der Waals surface area contributed by atoms with Gasteiger partial charge >= 0.3 is 10.4 Å². The summed E-state index contributed by atoms with van der Waals surface area (Å²) in [5.41, 5.74) is 5.87. The third-order valence-corrected chi connectivity index (χ3v) is 1.48. The van der Waals surface area contributed by atoms with Gasteiger partial charge in [0.25, 0.3) is 0 Å². The Bertz CT molecular complexity index is 410. The number of hydrogen-bond acceptors (Lipinski definition) is 5. The van der Waals surface area contributed by atoms with Crippen molar-refractivity contribution in [3.05, 3.63) is 29.8 Å². The minimum Gasteiger partial charge on any atom is -0.508 e. The second kappa shape index (κ2) is 6.40. The van der Waals surface area contributed by atoms with Crippen molar-refractivity contribution in [1.82, 2.24) is 0 Å². The average molecular weight is 251 g/mol. The number of benzene rings is 1. The summed E-state index contributed by atoms with van der Waals surface area (Å²) < 4.78 is 31.6. The van der Waals surface area contributed by atoms with Gasteiger partial charge in [-0.25, -0.2) is 0 Å². The second-order valence-electron chi connectivity index (χ2n) is 2.79. The zero-order valence-electron chi connectivity index (χ0n) is 8.18. The third-order valence-electron chi connectivity index (χ3n) is 1.48. The smallest absolute Gasteiger partial charge is 0.394 e. The van der Waals surface area contributed by atoms with Crippen LogP contribution in [0.5, 0.6) is 5.75 Å². The Hall–Kier alpha value is -1.19. The zero-order chi connectivity index (χ0) is 12.8. The number of phenolic OH excluding ortho intramolecular Hbond substituents is 1. The largest absolute Gasteiger partial charge is 0.508 e. The zero-order valence-corrected chi connectivity index (χ0v) is 9.00. The number of aliphatic hydroxyl groups excluding tert-OH is 1. The van der Waals surface area contributed by atoms with Crippen LogP contribution in [0.25, 0.3) is 0 Å². The van der Waals surface area contributed by atoms with Crippen LogP contribution in [0.3, 0.4) is 0 Å². The fourth-order valence-electron chi connectivity index (χ4n) is 0.868. The van der Waals surface area contributed by atoms with E-state index in [0.717, 1.165) is 0 Å². The van der Waals surface area contributed by atoms with Crippen LogP contribution in [-0.2, 0) is 10.4 Å². The molecule has 1 rings (SSSR count). The van der Waals surface area contributed by atoms with Gasteiger partial charge in [-0.1, -0.05) is 12.1 Å². The summed E-state index contributed by atoms with van der Waals surface area (Å²) in [5.74, 6) is 0.148. The topological polar surface area (TPSA) is 141 Å². The molecule has 0 spiro atoms. The molecule has 0 aromatic heterocycles. The fourth-order valence-corrected chi connectivity index (χ4v) is 0.868. The van der Waals surface area contributed by atoms with Crippen molar-refractivity contribution in [3.63, 3.8) is 0 Å². The van der Waals surface area contributed by atoms with Crippen molar-refractivity contribution < 1.29 is 27.7 Å². The van der Waals surface area contributed by atoms with Gasteiger partial charge in [0.2, 0.25) is 0 Å². The van der Waals surface area contributed by atoms with Crippen LogP contribution in [0.4, 0.5) is 0 Å².